The van der Waals surface area contributed by atoms with Gasteiger partial charge >= 0.3 is 0 Å². The molecule has 0 aliphatic carbocycles. The Morgan fingerprint density at radius 3 is 1.87 bits per heavy atom. The van der Waals surface area contributed by atoms with Crippen LogP contribution in [0.5, 0.6) is 0 Å². The van der Waals surface area contributed by atoms with Gasteiger partial charge in [0.15, 0.2) is 13.4 Å². The van der Waals surface area contributed by atoms with Gasteiger partial charge in [0.2, 0.25) is 5.91 Å². The molecule has 2 saturated heterocycles. The maximum absolute atomic E-state index is 12.1. The first-order valence-corrected chi connectivity index (χ1v) is 12.9. The molecule has 0 radical (unpaired) electrons. The molecular weight excluding hydrogens is 396 g/mol. The summed E-state index contributed by atoms with van der Waals surface area (Å²) in [6, 6.07) is 0. The van der Waals surface area contributed by atoms with E-state index >= 15 is 0 Å². The summed E-state index contributed by atoms with van der Waals surface area (Å²) in [7, 11) is 0. The van der Waals surface area contributed by atoms with E-state index in [-0.39, 0.29) is 12.4 Å². The number of carbonyl (C=O) groups excluding carboxylic acids is 1. The van der Waals surface area contributed by atoms with E-state index in [0.29, 0.717) is 12.0 Å². The molecule has 1 amide bonds. The minimum absolute atomic E-state index is 0. The Labute approximate surface area is 193 Å². The van der Waals surface area contributed by atoms with Gasteiger partial charge in [0, 0.05) is 13.0 Å². The fraction of sp³-hybridized carbons (Fsp3) is 0.960. The standard InChI is InChI=1S/C25H49N2O2.ClH/c1-3-4-5-6-7-8-9-10-11-12-13-14-15-16-20-27(21-24(2)29-23-27)22-26-19-17-18-25(26)28;/h24H,3-23H2,1-2H3;1H/q+1;. The molecule has 0 spiro atoms. The molecule has 0 bridgehead atoms. The second-order valence-electron chi connectivity index (χ2n) is 9.85. The zero-order chi connectivity index (χ0) is 20.8. The van der Waals surface area contributed by atoms with Crippen molar-refractivity contribution in [1.29, 1.82) is 0 Å². The Hall–Kier alpha value is -0.320. The lowest BCUT2D eigenvalue weighted by atomic mass is 10.0. The normalized spacial score (nSPS) is 23.9. The number of hydrogen-bond donors (Lipinski definition) is 0. The number of hydrogen-bond acceptors (Lipinski definition) is 2. The Bertz CT molecular complexity index is 449. The van der Waals surface area contributed by atoms with Gasteiger partial charge in [0.05, 0.1) is 6.54 Å². The monoisotopic (exact) mass is 445 g/mol. The van der Waals surface area contributed by atoms with E-state index in [9.17, 15) is 4.79 Å². The van der Waals surface area contributed by atoms with Gasteiger partial charge in [-0.05, 0) is 26.2 Å². The molecule has 2 rings (SSSR count). The average Bonchev–Trinajstić information content (AvgIpc) is 3.28. The highest BCUT2D eigenvalue weighted by molar-refractivity contribution is 5.85. The number of carbonyl (C=O) groups is 1. The molecule has 0 aromatic heterocycles. The molecule has 4 nitrogen and oxygen atoms in total. The second kappa shape index (κ2) is 16.3. The van der Waals surface area contributed by atoms with Crippen molar-refractivity contribution in [2.24, 2.45) is 0 Å². The molecule has 2 fully saturated rings. The van der Waals surface area contributed by atoms with Crippen molar-refractivity contribution in [3.05, 3.63) is 0 Å². The number of halogens is 1. The number of likely N-dealkylation sites (tertiary alicyclic amines) is 1. The van der Waals surface area contributed by atoms with Crippen LogP contribution < -0.4 is 0 Å². The van der Waals surface area contributed by atoms with Crippen molar-refractivity contribution < 1.29 is 14.0 Å². The van der Waals surface area contributed by atoms with Crippen molar-refractivity contribution in [3.8, 4) is 0 Å². The minimum Gasteiger partial charge on any atom is -0.323 e. The van der Waals surface area contributed by atoms with Crippen LogP contribution in [0, 0.1) is 0 Å². The fourth-order valence-electron chi connectivity index (χ4n) is 5.12. The summed E-state index contributed by atoms with van der Waals surface area (Å²) < 4.78 is 6.90. The highest BCUT2D eigenvalue weighted by atomic mass is 35.5. The quantitative estimate of drug-likeness (QED) is 0.185. The van der Waals surface area contributed by atoms with Crippen LogP contribution in [0.4, 0.5) is 0 Å². The summed E-state index contributed by atoms with van der Waals surface area (Å²) in [5.74, 6) is 0.350. The molecule has 178 valence electrons. The van der Waals surface area contributed by atoms with Crippen molar-refractivity contribution in [3.63, 3.8) is 0 Å². The van der Waals surface area contributed by atoms with Gasteiger partial charge < -0.3 is 4.74 Å². The third-order valence-electron chi connectivity index (χ3n) is 6.91. The van der Waals surface area contributed by atoms with E-state index in [2.05, 4.69) is 18.7 Å². The van der Waals surface area contributed by atoms with E-state index in [1.54, 1.807) is 0 Å². The van der Waals surface area contributed by atoms with E-state index in [4.69, 9.17) is 4.74 Å². The topological polar surface area (TPSA) is 29.5 Å². The van der Waals surface area contributed by atoms with Gasteiger partial charge in [0.25, 0.3) is 0 Å². The van der Waals surface area contributed by atoms with Crippen LogP contribution in [0.15, 0.2) is 0 Å². The third-order valence-corrected chi connectivity index (χ3v) is 6.91. The van der Waals surface area contributed by atoms with E-state index in [1.807, 2.05) is 0 Å². The van der Waals surface area contributed by atoms with Gasteiger partial charge in [-0.3, -0.25) is 14.2 Å². The Balaban J connectivity index is 0.00000450. The number of quaternary nitrogens is 1. The largest absolute Gasteiger partial charge is 0.323 e. The number of ether oxygens (including phenoxy) is 1. The molecule has 2 heterocycles. The van der Waals surface area contributed by atoms with Gasteiger partial charge in [-0.15, -0.1) is 12.4 Å². The Morgan fingerprint density at radius 1 is 0.900 bits per heavy atom. The number of rotatable bonds is 17. The smallest absolute Gasteiger partial charge is 0.226 e. The van der Waals surface area contributed by atoms with Crippen LogP contribution >= 0.6 is 12.4 Å². The van der Waals surface area contributed by atoms with Crippen LogP contribution in [0.3, 0.4) is 0 Å². The van der Waals surface area contributed by atoms with Gasteiger partial charge in [-0.1, -0.05) is 84.0 Å². The summed E-state index contributed by atoms with van der Waals surface area (Å²) in [5, 5.41) is 0. The fourth-order valence-corrected chi connectivity index (χ4v) is 5.12. The van der Waals surface area contributed by atoms with Crippen LogP contribution in [0.1, 0.15) is 117 Å². The molecule has 0 saturated carbocycles. The zero-order valence-corrected chi connectivity index (χ0v) is 20.9. The summed E-state index contributed by atoms with van der Waals surface area (Å²) in [4.78, 5) is 14.2. The molecule has 2 aliphatic rings. The van der Waals surface area contributed by atoms with Crippen molar-refractivity contribution >= 4 is 18.3 Å². The SMILES string of the molecule is CCCCCCCCCCCCCCCC[N+]1(CN2CCCC2=O)COC(C)C1.Cl. The lowest BCUT2D eigenvalue weighted by Gasteiger charge is -2.36. The summed E-state index contributed by atoms with van der Waals surface area (Å²) >= 11 is 0. The van der Waals surface area contributed by atoms with E-state index in [1.165, 1.54) is 96.4 Å². The van der Waals surface area contributed by atoms with Gasteiger partial charge in [0.1, 0.15) is 12.6 Å². The average molecular weight is 446 g/mol. The lowest BCUT2D eigenvalue weighted by Crippen LogP contribution is -2.54. The maximum Gasteiger partial charge on any atom is 0.226 e. The predicted molar refractivity (Wildman–Crippen MR) is 129 cm³/mol. The molecule has 30 heavy (non-hydrogen) atoms. The Morgan fingerprint density at radius 2 is 1.43 bits per heavy atom. The zero-order valence-electron chi connectivity index (χ0n) is 20.0. The number of unbranched alkanes of at least 4 members (excludes halogenated alkanes) is 13. The van der Waals surface area contributed by atoms with E-state index < -0.39 is 0 Å². The van der Waals surface area contributed by atoms with Crippen LogP contribution in [-0.2, 0) is 9.53 Å². The second-order valence-corrected chi connectivity index (χ2v) is 9.85. The van der Waals surface area contributed by atoms with Crippen LogP contribution in [0.25, 0.3) is 0 Å². The summed E-state index contributed by atoms with van der Waals surface area (Å²) in [6.45, 7) is 9.33. The minimum atomic E-state index is 0. The van der Waals surface area contributed by atoms with Crippen molar-refractivity contribution in [1.82, 2.24) is 4.90 Å². The number of amides is 1. The molecule has 0 N–H and O–H groups in total. The molecule has 5 heteroatoms. The highest BCUT2D eigenvalue weighted by Crippen LogP contribution is 2.24. The van der Waals surface area contributed by atoms with E-state index in [0.717, 1.165) is 43.8 Å². The highest BCUT2D eigenvalue weighted by Gasteiger charge is 2.40. The molecule has 2 aliphatic heterocycles. The predicted octanol–water partition coefficient (Wildman–Crippen LogP) is 6.66. The number of nitrogens with zero attached hydrogens (tertiary/aromatic N) is 2. The lowest BCUT2D eigenvalue weighted by molar-refractivity contribution is -0.933. The molecule has 0 aromatic rings. The molecule has 0 aromatic carbocycles. The Kier molecular flexibility index (Phi) is 15.1. The van der Waals surface area contributed by atoms with Gasteiger partial charge in [-0.25, -0.2) is 0 Å². The molecular formula is C25H50ClN2O2+. The third kappa shape index (κ3) is 10.8. The first kappa shape index (κ1) is 27.7. The maximum atomic E-state index is 12.1. The van der Waals surface area contributed by atoms with Crippen LogP contribution in [-0.4, -0.2) is 54.4 Å². The molecule has 2 atom stereocenters. The van der Waals surface area contributed by atoms with Crippen LogP contribution in [0.2, 0.25) is 0 Å². The van der Waals surface area contributed by atoms with Crippen molar-refractivity contribution in [2.45, 2.75) is 123 Å². The summed E-state index contributed by atoms with van der Waals surface area (Å²) in [5.41, 5.74) is 0. The first-order valence-electron chi connectivity index (χ1n) is 12.9. The first-order chi connectivity index (χ1) is 14.2. The molecule has 2 unspecified atom stereocenters. The van der Waals surface area contributed by atoms with Crippen molar-refractivity contribution in [2.75, 3.05) is 33.0 Å². The summed E-state index contributed by atoms with van der Waals surface area (Å²) in [6.07, 6.45) is 21.8. The van der Waals surface area contributed by atoms with Gasteiger partial charge in [-0.2, -0.15) is 0 Å².